The van der Waals surface area contributed by atoms with Crippen LogP contribution >= 0.6 is 11.3 Å². The maximum absolute atomic E-state index is 13.2. The van der Waals surface area contributed by atoms with Gasteiger partial charge in [-0.1, -0.05) is 19.3 Å². The predicted molar refractivity (Wildman–Crippen MR) is 73.4 cm³/mol. The lowest BCUT2D eigenvalue weighted by Crippen LogP contribution is -2.27. The van der Waals surface area contributed by atoms with Gasteiger partial charge in [-0.2, -0.15) is 0 Å². The number of rotatable bonds is 1. The largest absolute Gasteiger partial charge is 0.327 e. The van der Waals surface area contributed by atoms with Crippen molar-refractivity contribution in [2.24, 2.45) is 5.73 Å². The summed E-state index contributed by atoms with van der Waals surface area (Å²) < 4.78 is 14.2. The van der Waals surface area contributed by atoms with Gasteiger partial charge in [0.25, 0.3) is 0 Å². The third kappa shape index (κ3) is 2.27. The van der Waals surface area contributed by atoms with E-state index in [0.717, 1.165) is 28.1 Å². The van der Waals surface area contributed by atoms with E-state index in [-0.39, 0.29) is 11.9 Å². The summed E-state index contributed by atoms with van der Waals surface area (Å²) in [5, 5.41) is 1.09. The molecule has 1 aromatic carbocycles. The van der Waals surface area contributed by atoms with E-state index in [0.29, 0.717) is 5.92 Å². The standard InChI is InChI=1S/C14H17FN2S/c15-9-6-7-13-12(8-9)17-14(18-13)10-4-2-1-3-5-11(10)16/h6-8,10-11H,1-5,16H2. The highest BCUT2D eigenvalue weighted by molar-refractivity contribution is 7.18. The number of aromatic nitrogens is 1. The fourth-order valence-corrected chi connectivity index (χ4v) is 3.88. The minimum Gasteiger partial charge on any atom is -0.327 e. The number of nitrogens with zero attached hydrogens (tertiary/aromatic N) is 1. The highest BCUT2D eigenvalue weighted by Crippen LogP contribution is 2.35. The summed E-state index contributed by atoms with van der Waals surface area (Å²) in [6.07, 6.45) is 5.90. The van der Waals surface area contributed by atoms with Crippen LogP contribution in [0.5, 0.6) is 0 Å². The van der Waals surface area contributed by atoms with Crippen molar-refractivity contribution < 1.29 is 4.39 Å². The summed E-state index contributed by atoms with van der Waals surface area (Å²) in [7, 11) is 0. The molecular formula is C14H17FN2S. The van der Waals surface area contributed by atoms with E-state index in [4.69, 9.17) is 5.73 Å². The molecule has 4 heteroatoms. The average Bonchev–Trinajstić information content (AvgIpc) is 2.63. The van der Waals surface area contributed by atoms with Gasteiger partial charge >= 0.3 is 0 Å². The second-order valence-corrected chi connectivity index (χ2v) is 6.13. The van der Waals surface area contributed by atoms with Gasteiger partial charge in [0.05, 0.1) is 15.2 Å². The molecular weight excluding hydrogens is 247 g/mol. The molecule has 1 aliphatic carbocycles. The van der Waals surface area contributed by atoms with Crippen molar-refractivity contribution in [2.75, 3.05) is 0 Å². The molecule has 2 nitrogen and oxygen atoms in total. The molecule has 2 atom stereocenters. The molecule has 2 N–H and O–H groups in total. The lowest BCUT2D eigenvalue weighted by atomic mass is 9.96. The lowest BCUT2D eigenvalue weighted by molar-refractivity contribution is 0.504. The van der Waals surface area contributed by atoms with Gasteiger partial charge in [-0.25, -0.2) is 9.37 Å². The Hall–Kier alpha value is -1.00. The van der Waals surface area contributed by atoms with Crippen molar-refractivity contribution in [3.63, 3.8) is 0 Å². The quantitative estimate of drug-likeness (QED) is 0.795. The highest BCUT2D eigenvalue weighted by atomic mass is 32.1. The second-order valence-electron chi connectivity index (χ2n) is 5.07. The van der Waals surface area contributed by atoms with Gasteiger partial charge in [-0.15, -0.1) is 11.3 Å². The lowest BCUT2D eigenvalue weighted by Gasteiger charge is -2.18. The van der Waals surface area contributed by atoms with Gasteiger partial charge in [-0.3, -0.25) is 0 Å². The van der Waals surface area contributed by atoms with E-state index >= 15 is 0 Å². The van der Waals surface area contributed by atoms with Crippen LogP contribution < -0.4 is 5.73 Å². The Bertz CT molecular complexity index is 552. The molecule has 0 radical (unpaired) electrons. The molecule has 2 unspecified atom stereocenters. The Morgan fingerprint density at radius 1 is 1.22 bits per heavy atom. The topological polar surface area (TPSA) is 38.9 Å². The van der Waals surface area contributed by atoms with Crippen LogP contribution in [0.3, 0.4) is 0 Å². The summed E-state index contributed by atoms with van der Waals surface area (Å²) in [5.41, 5.74) is 7.03. The van der Waals surface area contributed by atoms with Gasteiger partial charge in [-0.05, 0) is 25.0 Å². The first kappa shape index (κ1) is 12.1. The minimum atomic E-state index is -0.218. The van der Waals surface area contributed by atoms with Crippen LogP contribution in [0.15, 0.2) is 18.2 Å². The van der Waals surface area contributed by atoms with Crippen molar-refractivity contribution in [3.05, 3.63) is 29.0 Å². The third-order valence-electron chi connectivity index (χ3n) is 3.75. The molecule has 0 amide bonds. The number of thiazole rings is 1. The van der Waals surface area contributed by atoms with Crippen LogP contribution in [0.1, 0.15) is 43.0 Å². The molecule has 3 rings (SSSR count). The number of benzene rings is 1. The molecule has 0 saturated heterocycles. The number of fused-ring (bicyclic) bond motifs is 1. The number of halogens is 1. The molecule has 1 fully saturated rings. The molecule has 1 heterocycles. The molecule has 2 aromatic rings. The highest BCUT2D eigenvalue weighted by Gasteiger charge is 2.25. The first-order valence-electron chi connectivity index (χ1n) is 6.55. The van der Waals surface area contributed by atoms with E-state index in [1.807, 2.05) is 6.07 Å². The van der Waals surface area contributed by atoms with Gasteiger partial charge < -0.3 is 5.73 Å². The Kier molecular flexibility index (Phi) is 3.31. The molecule has 0 bridgehead atoms. The Labute approximate surface area is 110 Å². The first-order valence-corrected chi connectivity index (χ1v) is 7.37. The van der Waals surface area contributed by atoms with Gasteiger partial charge in [0, 0.05) is 18.0 Å². The summed E-state index contributed by atoms with van der Waals surface area (Å²) in [4.78, 5) is 4.59. The van der Waals surface area contributed by atoms with Gasteiger partial charge in [0.15, 0.2) is 0 Å². The van der Waals surface area contributed by atoms with E-state index in [1.165, 1.54) is 31.4 Å². The number of nitrogens with two attached hydrogens (primary N) is 1. The summed E-state index contributed by atoms with van der Waals surface area (Å²) in [6.45, 7) is 0. The van der Waals surface area contributed by atoms with Crippen molar-refractivity contribution in [1.82, 2.24) is 4.98 Å². The van der Waals surface area contributed by atoms with Crippen molar-refractivity contribution in [1.29, 1.82) is 0 Å². The maximum Gasteiger partial charge on any atom is 0.125 e. The van der Waals surface area contributed by atoms with Crippen molar-refractivity contribution in [2.45, 2.75) is 44.1 Å². The molecule has 1 aromatic heterocycles. The zero-order valence-electron chi connectivity index (χ0n) is 10.2. The second kappa shape index (κ2) is 4.94. The van der Waals surface area contributed by atoms with E-state index in [9.17, 15) is 4.39 Å². The number of hydrogen-bond acceptors (Lipinski definition) is 3. The van der Waals surface area contributed by atoms with Crippen LogP contribution in [0.4, 0.5) is 4.39 Å². The van der Waals surface area contributed by atoms with Crippen LogP contribution in [-0.4, -0.2) is 11.0 Å². The van der Waals surface area contributed by atoms with Crippen LogP contribution in [-0.2, 0) is 0 Å². The molecule has 96 valence electrons. The average molecular weight is 264 g/mol. The van der Waals surface area contributed by atoms with Gasteiger partial charge in [0.1, 0.15) is 5.82 Å². The summed E-state index contributed by atoms with van der Waals surface area (Å²) in [6, 6.07) is 5.03. The fourth-order valence-electron chi connectivity index (χ4n) is 2.72. The SMILES string of the molecule is NC1CCCCCC1c1nc2cc(F)ccc2s1. The first-order chi connectivity index (χ1) is 8.74. The van der Waals surface area contributed by atoms with E-state index in [1.54, 1.807) is 11.3 Å². The van der Waals surface area contributed by atoms with Crippen molar-refractivity contribution in [3.8, 4) is 0 Å². The molecule has 1 saturated carbocycles. The van der Waals surface area contributed by atoms with Crippen molar-refractivity contribution >= 4 is 21.6 Å². The Morgan fingerprint density at radius 2 is 2.06 bits per heavy atom. The van der Waals surface area contributed by atoms with E-state index in [2.05, 4.69) is 4.98 Å². The van der Waals surface area contributed by atoms with E-state index < -0.39 is 0 Å². The fraction of sp³-hybridized carbons (Fsp3) is 0.500. The number of hydrogen-bond donors (Lipinski definition) is 1. The molecule has 18 heavy (non-hydrogen) atoms. The zero-order chi connectivity index (χ0) is 12.5. The summed E-state index contributed by atoms with van der Waals surface area (Å²) in [5.74, 6) is 0.137. The van der Waals surface area contributed by atoms with Crippen LogP contribution in [0, 0.1) is 5.82 Å². The zero-order valence-corrected chi connectivity index (χ0v) is 11.0. The smallest absolute Gasteiger partial charge is 0.125 e. The van der Waals surface area contributed by atoms with Gasteiger partial charge in [0.2, 0.25) is 0 Å². The van der Waals surface area contributed by atoms with Crippen LogP contribution in [0.2, 0.25) is 0 Å². The molecule has 1 aliphatic rings. The normalized spacial score (nSPS) is 25.2. The predicted octanol–water partition coefficient (Wildman–Crippen LogP) is 3.81. The third-order valence-corrected chi connectivity index (χ3v) is 4.92. The minimum absolute atomic E-state index is 0.206. The monoisotopic (exact) mass is 264 g/mol. The maximum atomic E-state index is 13.2. The summed E-state index contributed by atoms with van der Waals surface area (Å²) >= 11 is 1.67. The Balaban J connectivity index is 1.97. The Morgan fingerprint density at radius 3 is 2.94 bits per heavy atom. The van der Waals surface area contributed by atoms with Crippen LogP contribution in [0.25, 0.3) is 10.2 Å². The molecule has 0 spiro atoms. The molecule has 0 aliphatic heterocycles.